The summed E-state index contributed by atoms with van der Waals surface area (Å²) in [7, 11) is -7.42. The molecule has 0 amide bonds. The minimum atomic E-state index is -4.27. The highest BCUT2D eigenvalue weighted by Gasteiger charge is 2.22. The topological polar surface area (TPSA) is 143 Å². The zero-order valence-corrected chi connectivity index (χ0v) is 18.1. The predicted molar refractivity (Wildman–Crippen MR) is 111 cm³/mol. The summed E-state index contributed by atoms with van der Waals surface area (Å²) in [4.78, 5) is -0.178. The van der Waals surface area contributed by atoms with Gasteiger partial charge >= 0.3 is 0 Å². The molecule has 0 aliphatic heterocycles. The molecule has 1 unspecified atom stereocenters. The Morgan fingerprint density at radius 1 is 1.07 bits per heavy atom. The fourth-order valence-corrected chi connectivity index (χ4v) is 4.98. The van der Waals surface area contributed by atoms with Crippen LogP contribution in [0, 0.1) is 6.92 Å². The van der Waals surface area contributed by atoms with Gasteiger partial charge in [-0.15, -0.1) is 0 Å². The Morgan fingerprint density at radius 2 is 1.61 bits per heavy atom. The van der Waals surface area contributed by atoms with E-state index in [0.717, 1.165) is 22.9 Å². The van der Waals surface area contributed by atoms with Crippen LogP contribution in [0.4, 0.5) is 0 Å². The summed E-state index contributed by atoms with van der Waals surface area (Å²) in [6, 6.07) is 15.0. The van der Waals surface area contributed by atoms with Crippen molar-refractivity contribution in [2.75, 3.05) is 11.5 Å². The fraction of sp³-hybridized carbons (Fsp3) is 0.278. The lowest BCUT2D eigenvalue weighted by molar-refractivity contribution is -0.110. The molecule has 0 saturated heterocycles. The predicted octanol–water partition coefficient (Wildman–Crippen LogP) is 0.869. The van der Waals surface area contributed by atoms with Crippen LogP contribution in [0.25, 0.3) is 0 Å². The first-order valence-corrected chi connectivity index (χ1v) is 12.3. The van der Waals surface area contributed by atoms with E-state index in [2.05, 4.69) is 0 Å². The van der Waals surface area contributed by atoms with Crippen LogP contribution >= 0.6 is 11.8 Å². The third kappa shape index (κ3) is 8.42. The lowest BCUT2D eigenvalue weighted by atomic mass is 10.2. The number of benzene rings is 2. The van der Waals surface area contributed by atoms with Gasteiger partial charge in [0.2, 0.25) is 0 Å². The maximum atomic E-state index is 12.0. The molecule has 0 heterocycles. The van der Waals surface area contributed by atoms with Crippen LogP contribution < -0.4 is 11.1 Å². The largest absolute Gasteiger partial charge is 0.744 e. The highest BCUT2D eigenvalue weighted by atomic mass is 32.2. The molecule has 28 heavy (non-hydrogen) atoms. The molecule has 1 atom stereocenters. The van der Waals surface area contributed by atoms with Gasteiger partial charge in [-0.3, -0.25) is 11.1 Å². The van der Waals surface area contributed by atoms with Crippen LogP contribution in [-0.2, 0) is 20.0 Å². The van der Waals surface area contributed by atoms with Gasteiger partial charge in [-0.05, 0) is 43.3 Å². The summed E-state index contributed by atoms with van der Waals surface area (Å²) in [6.07, 6.45) is 0. The van der Waals surface area contributed by atoms with Crippen molar-refractivity contribution in [1.29, 1.82) is 0 Å². The minimum Gasteiger partial charge on any atom is -0.744 e. The molecule has 0 bridgehead atoms. The van der Waals surface area contributed by atoms with Gasteiger partial charge in [0.05, 0.1) is 15.9 Å². The second-order valence-corrected chi connectivity index (χ2v) is 10.9. The van der Waals surface area contributed by atoms with Crippen LogP contribution in [-0.4, -0.2) is 38.1 Å². The zero-order chi connectivity index (χ0) is 21.4. The van der Waals surface area contributed by atoms with Crippen molar-refractivity contribution in [3.63, 3.8) is 0 Å². The first-order valence-electron chi connectivity index (χ1n) is 8.23. The molecule has 10 heteroatoms. The molecule has 0 aliphatic carbocycles. The average Bonchev–Trinajstić information content (AvgIpc) is 2.61. The quantitative estimate of drug-likeness (QED) is 0.382. The molecule has 2 rings (SSSR count). The maximum absolute atomic E-state index is 12.0. The van der Waals surface area contributed by atoms with Crippen LogP contribution in [0.3, 0.4) is 0 Å². The number of hydrogen-bond donors (Lipinski definition) is 2. The molecule has 7 nitrogen and oxygen atoms in total. The lowest BCUT2D eigenvalue weighted by Crippen LogP contribution is -2.43. The van der Waals surface area contributed by atoms with Crippen LogP contribution in [0.1, 0.15) is 23.3 Å². The first kappa shape index (κ1) is 24.2. The Kier molecular flexibility index (Phi) is 9.15. The minimum absolute atomic E-state index is 0.0750. The van der Waals surface area contributed by atoms with E-state index in [1.807, 2.05) is 37.3 Å². The summed E-state index contributed by atoms with van der Waals surface area (Å²) >= 11 is 1.16. The van der Waals surface area contributed by atoms with Crippen molar-refractivity contribution in [3.8, 4) is 0 Å². The van der Waals surface area contributed by atoms with Gasteiger partial charge < -0.3 is 4.55 Å². The third-order valence-electron chi connectivity index (χ3n) is 3.75. The van der Waals surface area contributed by atoms with Gasteiger partial charge in [-0.1, -0.05) is 48.0 Å². The number of thioether (sulfide) groups is 1. The van der Waals surface area contributed by atoms with Gasteiger partial charge in [0, 0.05) is 5.75 Å². The maximum Gasteiger partial charge on any atom is 0.299 e. The normalized spacial score (nSPS) is 12.5. The monoisotopic (exact) mass is 444 g/mol. The second kappa shape index (κ2) is 10.6. The fourth-order valence-electron chi connectivity index (χ4n) is 2.09. The molecule has 2 aromatic carbocycles. The van der Waals surface area contributed by atoms with E-state index in [1.54, 1.807) is 19.1 Å². The molecular weight excluding hydrogens is 420 g/mol. The van der Waals surface area contributed by atoms with Crippen LogP contribution in [0.2, 0.25) is 0 Å². The van der Waals surface area contributed by atoms with Gasteiger partial charge in [-0.25, -0.2) is 16.8 Å². The molecule has 4 N–H and O–H groups in total. The van der Waals surface area contributed by atoms with E-state index in [9.17, 15) is 21.4 Å². The average molecular weight is 445 g/mol. The molecule has 2 aromatic rings. The third-order valence-corrected chi connectivity index (χ3v) is 7.73. The van der Waals surface area contributed by atoms with Crippen LogP contribution in [0.5, 0.6) is 0 Å². The summed E-state index contributed by atoms with van der Waals surface area (Å²) in [5, 5.41) is 4.98. The molecule has 0 saturated carbocycles. The van der Waals surface area contributed by atoms with Crippen molar-refractivity contribution in [2.45, 2.75) is 24.0 Å². The van der Waals surface area contributed by atoms with Crippen molar-refractivity contribution in [3.05, 3.63) is 65.7 Å². The summed E-state index contributed by atoms with van der Waals surface area (Å²) in [6.45, 7) is 3.52. The molecular formula is C18H24N2O5S3. The van der Waals surface area contributed by atoms with E-state index in [1.165, 1.54) is 12.1 Å². The standard InChI is InChI=1S/C11H16N2O2S2.C7H8O3S/c1-9(10-5-3-2-4-6-10)17(14,15)8-7-16-11(12)13;1-6-2-4-7(5-3-6)11(8,9)10/h2-6,9H,7-8H2,1H3,(H3,12,13);2-5H,1H3,(H,8,9,10). The molecule has 0 spiro atoms. The van der Waals surface area contributed by atoms with Gasteiger partial charge in [0.15, 0.2) is 9.84 Å². The number of aryl methyl sites for hydroxylation is 1. The van der Waals surface area contributed by atoms with E-state index >= 15 is 0 Å². The highest BCUT2D eigenvalue weighted by Crippen LogP contribution is 2.22. The number of nitrogens with two attached hydrogens (primary N) is 2. The van der Waals surface area contributed by atoms with Gasteiger partial charge in [0.25, 0.3) is 5.17 Å². The van der Waals surface area contributed by atoms with Gasteiger partial charge in [-0.2, -0.15) is 0 Å². The van der Waals surface area contributed by atoms with E-state index in [4.69, 9.17) is 11.1 Å². The molecule has 0 fully saturated rings. The van der Waals surface area contributed by atoms with Crippen molar-refractivity contribution in [2.24, 2.45) is 5.73 Å². The van der Waals surface area contributed by atoms with Gasteiger partial charge in [0.1, 0.15) is 10.1 Å². The molecule has 0 aliphatic rings. The Balaban J connectivity index is 0.000000307. The SMILES string of the molecule is CC(c1ccccc1)S(=O)(=O)CCSC(N)=[NH2+].Cc1ccc(S(=O)(=O)[O-])cc1. The smallest absolute Gasteiger partial charge is 0.299 e. The van der Waals surface area contributed by atoms with Crippen molar-refractivity contribution >= 4 is 36.9 Å². The molecule has 154 valence electrons. The molecule has 0 radical (unpaired) electrons. The number of amidine groups is 1. The van der Waals surface area contributed by atoms with Crippen molar-refractivity contribution in [1.82, 2.24) is 0 Å². The van der Waals surface area contributed by atoms with E-state index in [-0.39, 0.29) is 15.8 Å². The summed E-state index contributed by atoms with van der Waals surface area (Å²) in [5.41, 5.74) is 7.01. The summed E-state index contributed by atoms with van der Waals surface area (Å²) < 4.78 is 55.2. The highest BCUT2D eigenvalue weighted by molar-refractivity contribution is 8.14. The number of hydrogen-bond acceptors (Lipinski definition) is 6. The Bertz CT molecular complexity index is 974. The Hall–Kier alpha value is -1.88. The van der Waals surface area contributed by atoms with Crippen molar-refractivity contribution < 1.29 is 26.8 Å². The Labute approximate surface area is 170 Å². The summed E-state index contributed by atoms with van der Waals surface area (Å²) in [5.74, 6) is 0.466. The Morgan fingerprint density at radius 3 is 2.07 bits per heavy atom. The first-order chi connectivity index (χ1) is 12.9. The van der Waals surface area contributed by atoms with E-state index in [0.29, 0.717) is 5.75 Å². The number of rotatable bonds is 6. The second-order valence-electron chi connectivity index (χ2n) is 5.94. The zero-order valence-electron chi connectivity index (χ0n) is 15.6. The molecule has 0 aromatic heterocycles. The van der Waals surface area contributed by atoms with E-state index < -0.39 is 25.2 Å². The lowest BCUT2D eigenvalue weighted by Gasteiger charge is -2.12. The van der Waals surface area contributed by atoms with Crippen LogP contribution in [0.15, 0.2) is 59.5 Å². The number of sulfone groups is 1.